The lowest BCUT2D eigenvalue weighted by Crippen LogP contribution is -2.27. The van der Waals surface area contributed by atoms with Crippen molar-refractivity contribution in [1.82, 2.24) is 0 Å². The van der Waals surface area contributed by atoms with E-state index in [0.29, 0.717) is 35.7 Å². The number of carbonyl (C=O) groups excluding carboxylic acids is 1. The molecule has 8 heteroatoms. The summed E-state index contributed by atoms with van der Waals surface area (Å²) in [5, 5.41) is 0.389. The predicted molar refractivity (Wildman–Crippen MR) is 108 cm³/mol. The number of benzene rings is 2. The highest BCUT2D eigenvalue weighted by molar-refractivity contribution is 9.10. The van der Waals surface area contributed by atoms with Crippen LogP contribution < -0.4 is 9.64 Å². The second kappa shape index (κ2) is 7.45. The molecule has 128 valence electrons. The number of hydrogen-bond acceptors (Lipinski definition) is 4. The van der Waals surface area contributed by atoms with Gasteiger partial charge in [-0.2, -0.15) is 0 Å². The molecule has 1 fully saturated rings. The normalized spacial score (nSPS) is 16.0. The third kappa shape index (κ3) is 3.74. The summed E-state index contributed by atoms with van der Waals surface area (Å²) < 4.78 is 19.2. The summed E-state index contributed by atoms with van der Waals surface area (Å²) in [6.45, 7) is 0. The molecular weight excluding hydrogens is 449 g/mol. The Balaban J connectivity index is 1.93. The van der Waals surface area contributed by atoms with Crippen molar-refractivity contribution in [3.05, 3.63) is 62.2 Å². The Morgan fingerprint density at radius 2 is 2.08 bits per heavy atom. The fraction of sp³-hybridized carbons (Fsp3) is 0.0588. The second-order valence-electron chi connectivity index (χ2n) is 5.01. The molecule has 1 aliphatic rings. The Morgan fingerprint density at radius 3 is 2.72 bits per heavy atom. The van der Waals surface area contributed by atoms with Gasteiger partial charge in [-0.15, -0.1) is 0 Å². The van der Waals surface area contributed by atoms with Crippen molar-refractivity contribution in [2.45, 2.75) is 0 Å². The quantitative estimate of drug-likeness (QED) is 0.439. The Bertz CT molecular complexity index is 920. The first kappa shape index (κ1) is 18.4. The molecule has 1 amide bonds. The third-order valence-corrected chi connectivity index (χ3v) is 5.63. The van der Waals surface area contributed by atoms with Crippen molar-refractivity contribution in [3.63, 3.8) is 0 Å². The van der Waals surface area contributed by atoms with Crippen molar-refractivity contribution in [2.75, 3.05) is 12.0 Å². The SMILES string of the molecule is COc1ccc(N2C(=O)C(=Cc3ccc(F)c(Br)c3)SC2=S)cc1Cl. The van der Waals surface area contributed by atoms with Crippen LogP contribution >= 0.6 is 51.5 Å². The molecule has 1 saturated heterocycles. The van der Waals surface area contributed by atoms with Gasteiger partial charge in [0.1, 0.15) is 11.6 Å². The van der Waals surface area contributed by atoms with Gasteiger partial charge in [-0.05, 0) is 57.9 Å². The van der Waals surface area contributed by atoms with Crippen LogP contribution in [0.4, 0.5) is 10.1 Å². The van der Waals surface area contributed by atoms with Gasteiger partial charge < -0.3 is 4.74 Å². The summed E-state index contributed by atoms with van der Waals surface area (Å²) in [6.07, 6.45) is 1.68. The predicted octanol–water partition coefficient (Wildman–Crippen LogP) is 5.66. The van der Waals surface area contributed by atoms with Crippen LogP contribution in [0, 0.1) is 5.82 Å². The topological polar surface area (TPSA) is 29.5 Å². The molecule has 25 heavy (non-hydrogen) atoms. The zero-order valence-corrected chi connectivity index (χ0v) is 16.7. The van der Waals surface area contributed by atoms with E-state index in [1.165, 1.54) is 29.8 Å². The molecule has 0 N–H and O–H groups in total. The van der Waals surface area contributed by atoms with Gasteiger partial charge in [0.2, 0.25) is 0 Å². The lowest BCUT2D eigenvalue weighted by molar-refractivity contribution is -0.113. The van der Waals surface area contributed by atoms with Gasteiger partial charge in [0, 0.05) is 0 Å². The maximum atomic E-state index is 13.3. The Hall–Kier alpha value is -1.41. The van der Waals surface area contributed by atoms with E-state index >= 15 is 0 Å². The average molecular weight is 459 g/mol. The molecule has 1 heterocycles. The Labute approximate surface area is 166 Å². The minimum absolute atomic E-state index is 0.253. The molecule has 0 radical (unpaired) electrons. The number of carbonyl (C=O) groups is 1. The van der Waals surface area contributed by atoms with Crippen molar-refractivity contribution in [2.24, 2.45) is 0 Å². The van der Waals surface area contributed by atoms with Gasteiger partial charge in [0.25, 0.3) is 5.91 Å². The minimum atomic E-state index is -0.363. The number of hydrogen-bond donors (Lipinski definition) is 0. The van der Waals surface area contributed by atoms with Crippen molar-refractivity contribution >= 4 is 73.5 Å². The minimum Gasteiger partial charge on any atom is -0.495 e. The van der Waals surface area contributed by atoms with Crippen LogP contribution in [0.15, 0.2) is 45.8 Å². The summed E-state index contributed by atoms with van der Waals surface area (Å²) in [5.74, 6) is -0.100. The van der Waals surface area contributed by atoms with Gasteiger partial charge in [0.05, 0.1) is 27.2 Å². The van der Waals surface area contributed by atoms with Crippen molar-refractivity contribution in [1.29, 1.82) is 0 Å². The highest BCUT2D eigenvalue weighted by atomic mass is 79.9. The largest absolute Gasteiger partial charge is 0.495 e. The van der Waals surface area contributed by atoms with E-state index in [0.717, 1.165) is 0 Å². The molecule has 3 nitrogen and oxygen atoms in total. The van der Waals surface area contributed by atoms with Crippen LogP contribution in [0.3, 0.4) is 0 Å². The number of nitrogens with zero attached hydrogens (tertiary/aromatic N) is 1. The van der Waals surface area contributed by atoms with E-state index in [4.69, 9.17) is 28.6 Å². The van der Waals surface area contributed by atoms with E-state index in [9.17, 15) is 9.18 Å². The van der Waals surface area contributed by atoms with Crippen LogP contribution in [-0.2, 0) is 4.79 Å². The Kier molecular flexibility index (Phi) is 5.48. The van der Waals surface area contributed by atoms with E-state index < -0.39 is 0 Å². The molecule has 0 spiro atoms. The van der Waals surface area contributed by atoms with Crippen LogP contribution in [0.2, 0.25) is 5.02 Å². The summed E-state index contributed by atoms with van der Waals surface area (Å²) in [4.78, 5) is 14.6. The number of amides is 1. The Morgan fingerprint density at radius 1 is 1.32 bits per heavy atom. The van der Waals surface area contributed by atoms with E-state index in [-0.39, 0.29) is 11.7 Å². The molecule has 0 atom stereocenters. The van der Waals surface area contributed by atoms with Gasteiger partial charge in [-0.25, -0.2) is 4.39 Å². The summed E-state index contributed by atoms with van der Waals surface area (Å²) in [5.41, 5.74) is 1.26. The number of rotatable bonds is 3. The number of thiocarbonyl (C=S) groups is 1. The fourth-order valence-electron chi connectivity index (χ4n) is 2.24. The molecule has 0 aliphatic carbocycles. The number of ether oxygens (including phenoxy) is 1. The lowest BCUT2D eigenvalue weighted by Gasteiger charge is -2.15. The summed E-state index contributed by atoms with van der Waals surface area (Å²) in [6, 6.07) is 9.55. The summed E-state index contributed by atoms with van der Waals surface area (Å²) >= 11 is 15.8. The number of halogens is 3. The maximum absolute atomic E-state index is 13.3. The molecule has 1 aliphatic heterocycles. The molecule has 3 rings (SSSR count). The van der Waals surface area contributed by atoms with Gasteiger partial charge in [0.15, 0.2) is 4.32 Å². The number of methoxy groups -OCH3 is 1. The molecule has 2 aromatic rings. The monoisotopic (exact) mass is 457 g/mol. The standard InChI is InChI=1S/C17H10BrClFNO2S2/c1-23-14-5-3-10(8-12(14)19)21-16(22)15(25-17(21)24)7-9-2-4-13(20)11(18)6-9/h2-8H,1H3. The smallest absolute Gasteiger partial charge is 0.270 e. The van der Waals surface area contributed by atoms with Crippen LogP contribution in [0.5, 0.6) is 5.75 Å². The molecule has 0 saturated carbocycles. The number of thioether (sulfide) groups is 1. The molecule has 0 unspecified atom stereocenters. The van der Waals surface area contributed by atoms with Crippen molar-refractivity contribution in [3.8, 4) is 5.75 Å². The zero-order valence-electron chi connectivity index (χ0n) is 12.8. The van der Waals surface area contributed by atoms with Gasteiger partial charge in [-0.3, -0.25) is 9.69 Å². The average Bonchev–Trinajstić information content (AvgIpc) is 2.85. The summed E-state index contributed by atoms with van der Waals surface area (Å²) in [7, 11) is 1.52. The van der Waals surface area contributed by atoms with E-state index in [1.54, 1.807) is 36.4 Å². The molecule has 0 aromatic heterocycles. The van der Waals surface area contributed by atoms with E-state index in [1.807, 2.05) is 0 Å². The van der Waals surface area contributed by atoms with Crippen molar-refractivity contribution < 1.29 is 13.9 Å². The highest BCUT2D eigenvalue weighted by Crippen LogP contribution is 2.38. The number of anilines is 1. The zero-order chi connectivity index (χ0) is 18.1. The van der Waals surface area contributed by atoms with Crippen LogP contribution in [0.1, 0.15) is 5.56 Å². The van der Waals surface area contributed by atoms with Crippen LogP contribution in [-0.4, -0.2) is 17.3 Å². The highest BCUT2D eigenvalue weighted by Gasteiger charge is 2.33. The van der Waals surface area contributed by atoms with Gasteiger partial charge >= 0.3 is 0 Å². The third-order valence-electron chi connectivity index (χ3n) is 3.43. The fourth-order valence-corrected chi connectivity index (χ4v) is 4.19. The maximum Gasteiger partial charge on any atom is 0.270 e. The molecular formula is C17H10BrClFNO2S2. The first-order chi connectivity index (χ1) is 11.9. The van der Waals surface area contributed by atoms with Gasteiger partial charge in [-0.1, -0.05) is 41.6 Å². The van der Waals surface area contributed by atoms with Crippen LogP contribution in [0.25, 0.3) is 6.08 Å². The lowest BCUT2D eigenvalue weighted by atomic mass is 10.2. The van der Waals surface area contributed by atoms with E-state index in [2.05, 4.69) is 15.9 Å². The molecule has 0 bridgehead atoms. The molecule has 2 aromatic carbocycles. The first-order valence-corrected chi connectivity index (χ1v) is 9.37. The first-order valence-electron chi connectivity index (χ1n) is 6.97. The second-order valence-corrected chi connectivity index (χ2v) is 7.95.